The summed E-state index contributed by atoms with van der Waals surface area (Å²) in [4.78, 5) is 16.7. The number of benzene rings is 2. The number of para-hydroxylation sites is 1. The lowest BCUT2D eigenvalue weighted by molar-refractivity contribution is -0.115. The smallest absolute Gasteiger partial charge is 0.263 e. The lowest BCUT2D eigenvalue weighted by Crippen LogP contribution is -2.19. The van der Waals surface area contributed by atoms with Crippen molar-refractivity contribution in [3.8, 4) is 5.75 Å². The van der Waals surface area contributed by atoms with Crippen molar-refractivity contribution in [3.63, 3.8) is 0 Å². The van der Waals surface area contributed by atoms with Crippen LogP contribution in [-0.4, -0.2) is 31.8 Å². The molecule has 0 saturated heterocycles. The van der Waals surface area contributed by atoms with Crippen molar-refractivity contribution < 1.29 is 17.9 Å². The van der Waals surface area contributed by atoms with E-state index in [0.717, 1.165) is 10.2 Å². The van der Waals surface area contributed by atoms with Gasteiger partial charge in [-0.05, 0) is 36.4 Å². The number of hydrogen-bond donors (Lipinski definition) is 0. The molecule has 0 N–H and O–H groups in total. The Morgan fingerprint density at radius 2 is 1.84 bits per heavy atom. The fraction of sp³-hybridized carbons (Fsp3) is 0.176. The van der Waals surface area contributed by atoms with Gasteiger partial charge in [-0.15, -0.1) is 0 Å². The normalized spacial score (nSPS) is 12.5. The maximum Gasteiger partial charge on any atom is 0.263 e. The number of rotatable bonds is 4. The second kappa shape index (κ2) is 6.81. The fourth-order valence-electron chi connectivity index (χ4n) is 2.36. The molecule has 1 amide bonds. The van der Waals surface area contributed by atoms with Gasteiger partial charge in [-0.1, -0.05) is 23.5 Å². The minimum Gasteiger partial charge on any atom is -0.497 e. The van der Waals surface area contributed by atoms with Crippen molar-refractivity contribution in [2.24, 2.45) is 12.0 Å². The number of aromatic nitrogens is 1. The maximum absolute atomic E-state index is 12.4. The third-order valence-corrected chi connectivity index (χ3v) is 6.40. The van der Waals surface area contributed by atoms with E-state index >= 15 is 0 Å². The molecule has 3 aromatic rings. The summed E-state index contributed by atoms with van der Waals surface area (Å²) in [5.74, 6) is -0.821. The van der Waals surface area contributed by atoms with Crippen LogP contribution in [0, 0.1) is 0 Å². The van der Waals surface area contributed by atoms with Crippen molar-refractivity contribution in [3.05, 3.63) is 53.3 Å². The Balaban J connectivity index is 1.88. The Kier molecular flexibility index (Phi) is 4.73. The van der Waals surface area contributed by atoms with E-state index < -0.39 is 21.5 Å². The Morgan fingerprint density at radius 1 is 1.16 bits per heavy atom. The third kappa shape index (κ3) is 3.64. The van der Waals surface area contributed by atoms with Gasteiger partial charge in [0, 0.05) is 7.05 Å². The van der Waals surface area contributed by atoms with Gasteiger partial charge >= 0.3 is 0 Å². The monoisotopic (exact) mass is 376 g/mol. The fourth-order valence-corrected chi connectivity index (χ4v) is 4.50. The quantitative estimate of drug-likeness (QED) is 0.699. The maximum atomic E-state index is 12.4. The van der Waals surface area contributed by atoms with Crippen LogP contribution in [-0.2, 0) is 21.7 Å². The summed E-state index contributed by atoms with van der Waals surface area (Å²) in [7, 11) is -0.459. The molecular weight excluding hydrogens is 360 g/mol. The van der Waals surface area contributed by atoms with Crippen LogP contribution < -0.4 is 9.54 Å². The van der Waals surface area contributed by atoms with Crippen molar-refractivity contribution in [1.82, 2.24) is 4.57 Å². The van der Waals surface area contributed by atoms with Crippen molar-refractivity contribution in [1.29, 1.82) is 0 Å². The number of amides is 1. The van der Waals surface area contributed by atoms with Gasteiger partial charge in [0.05, 0.1) is 22.2 Å². The van der Waals surface area contributed by atoms with E-state index in [4.69, 9.17) is 4.74 Å². The number of fused-ring (bicyclic) bond motifs is 1. The molecule has 2 aromatic carbocycles. The van der Waals surface area contributed by atoms with Crippen molar-refractivity contribution in [2.45, 2.75) is 4.90 Å². The van der Waals surface area contributed by atoms with Crippen LogP contribution in [0.1, 0.15) is 0 Å². The zero-order valence-electron chi connectivity index (χ0n) is 13.7. The highest BCUT2D eigenvalue weighted by molar-refractivity contribution is 7.92. The largest absolute Gasteiger partial charge is 0.497 e. The molecule has 0 fully saturated rings. The highest BCUT2D eigenvalue weighted by atomic mass is 32.2. The molecule has 0 bridgehead atoms. The molecule has 25 heavy (non-hydrogen) atoms. The molecule has 1 heterocycles. The van der Waals surface area contributed by atoms with E-state index in [0.29, 0.717) is 10.6 Å². The Bertz CT molecular complexity index is 1090. The summed E-state index contributed by atoms with van der Waals surface area (Å²) in [6.45, 7) is 0. The van der Waals surface area contributed by atoms with Gasteiger partial charge in [0.1, 0.15) is 11.5 Å². The lowest BCUT2D eigenvalue weighted by atomic mass is 10.3. The summed E-state index contributed by atoms with van der Waals surface area (Å²) < 4.78 is 32.5. The zero-order valence-corrected chi connectivity index (χ0v) is 15.3. The Hall–Kier alpha value is -2.45. The molecule has 0 unspecified atom stereocenters. The molecule has 8 heteroatoms. The van der Waals surface area contributed by atoms with E-state index in [1.807, 2.05) is 24.3 Å². The van der Waals surface area contributed by atoms with Crippen molar-refractivity contribution in [2.75, 3.05) is 12.9 Å². The highest BCUT2D eigenvalue weighted by Crippen LogP contribution is 2.17. The third-order valence-electron chi connectivity index (χ3n) is 3.67. The van der Waals surface area contributed by atoms with Gasteiger partial charge in [-0.25, -0.2) is 8.42 Å². The van der Waals surface area contributed by atoms with E-state index in [1.54, 1.807) is 23.7 Å². The van der Waals surface area contributed by atoms with Crippen LogP contribution in [0.5, 0.6) is 5.75 Å². The molecule has 1 aromatic heterocycles. The first kappa shape index (κ1) is 17.4. The first-order valence-electron chi connectivity index (χ1n) is 7.39. The number of aryl methyl sites for hydroxylation is 1. The van der Waals surface area contributed by atoms with Crippen molar-refractivity contribution >= 4 is 37.3 Å². The highest BCUT2D eigenvalue weighted by Gasteiger charge is 2.19. The molecule has 3 rings (SSSR count). The molecule has 130 valence electrons. The summed E-state index contributed by atoms with van der Waals surface area (Å²) in [6.07, 6.45) is 0. The standard InChI is InChI=1S/C17H16N2O4S2/c1-19-14-5-3-4-6-15(14)24-17(19)18-16(20)11-25(21,22)13-9-7-12(23-2)8-10-13/h3-10H,11H2,1-2H3. The zero-order chi connectivity index (χ0) is 18.0. The minimum atomic E-state index is -3.75. The summed E-state index contributed by atoms with van der Waals surface area (Å²) in [5.41, 5.74) is 0.942. The van der Waals surface area contributed by atoms with Crippen LogP contribution in [0.3, 0.4) is 0 Å². The van der Waals surface area contributed by atoms with Gasteiger partial charge in [0.25, 0.3) is 5.91 Å². The summed E-state index contributed by atoms with van der Waals surface area (Å²) in [5, 5.41) is 0. The molecule has 0 saturated carbocycles. The number of ether oxygens (including phenoxy) is 1. The predicted molar refractivity (Wildman–Crippen MR) is 96.4 cm³/mol. The Morgan fingerprint density at radius 3 is 2.48 bits per heavy atom. The summed E-state index contributed by atoms with van der Waals surface area (Å²) >= 11 is 1.34. The molecule has 0 aliphatic carbocycles. The lowest BCUT2D eigenvalue weighted by Gasteiger charge is -2.03. The van der Waals surface area contributed by atoms with Gasteiger partial charge in [-0.3, -0.25) is 4.79 Å². The second-order valence-electron chi connectivity index (χ2n) is 5.35. The van der Waals surface area contributed by atoms with E-state index in [2.05, 4.69) is 4.99 Å². The van der Waals surface area contributed by atoms with E-state index in [-0.39, 0.29) is 4.90 Å². The topological polar surface area (TPSA) is 77.7 Å². The minimum absolute atomic E-state index is 0.0672. The first-order valence-corrected chi connectivity index (χ1v) is 9.86. The number of methoxy groups -OCH3 is 1. The Labute approximate surface area is 148 Å². The average Bonchev–Trinajstić information content (AvgIpc) is 2.90. The molecule has 0 aliphatic heterocycles. The molecule has 0 spiro atoms. The van der Waals surface area contributed by atoms with Crippen LogP contribution in [0.25, 0.3) is 10.2 Å². The second-order valence-corrected chi connectivity index (χ2v) is 8.35. The number of sulfone groups is 1. The van der Waals surface area contributed by atoms with Gasteiger partial charge in [0.2, 0.25) is 0 Å². The number of carbonyl (C=O) groups excluding carboxylic acids is 1. The molecule has 0 aliphatic rings. The predicted octanol–water partition coefficient (Wildman–Crippen LogP) is 2.15. The molecular formula is C17H16N2O4S2. The SMILES string of the molecule is COc1ccc(S(=O)(=O)CC(=O)N=c2sc3ccccc3n2C)cc1. The van der Waals surface area contributed by atoms with E-state index in [1.165, 1.54) is 30.6 Å². The molecule has 6 nitrogen and oxygen atoms in total. The number of nitrogens with zero attached hydrogens (tertiary/aromatic N) is 2. The molecule has 0 radical (unpaired) electrons. The molecule has 0 atom stereocenters. The van der Waals surface area contributed by atoms with E-state index in [9.17, 15) is 13.2 Å². The van der Waals surface area contributed by atoms with Crippen LogP contribution >= 0.6 is 11.3 Å². The van der Waals surface area contributed by atoms with Crippen LogP contribution in [0.4, 0.5) is 0 Å². The van der Waals surface area contributed by atoms with Crippen LogP contribution in [0.15, 0.2) is 58.4 Å². The number of carbonyl (C=O) groups is 1. The van der Waals surface area contributed by atoms with Gasteiger partial charge in [0.15, 0.2) is 14.6 Å². The first-order chi connectivity index (χ1) is 11.9. The number of thiazole rings is 1. The van der Waals surface area contributed by atoms with Gasteiger partial charge < -0.3 is 9.30 Å². The van der Waals surface area contributed by atoms with Crippen LogP contribution in [0.2, 0.25) is 0 Å². The number of hydrogen-bond acceptors (Lipinski definition) is 5. The summed E-state index contributed by atoms with van der Waals surface area (Å²) in [6, 6.07) is 13.6. The van der Waals surface area contributed by atoms with Gasteiger partial charge in [-0.2, -0.15) is 4.99 Å². The average molecular weight is 376 g/mol.